The highest BCUT2D eigenvalue weighted by Crippen LogP contribution is 2.06. The lowest BCUT2D eigenvalue weighted by molar-refractivity contribution is 0.0895. The van der Waals surface area contributed by atoms with E-state index in [0.717, 1.165) is 9.89 Å². The number of hydrogen-bond donors (Lipinski definition) is 2. The molecule has 0 atom stereocenters. The van der Waals surface area contributed by atoms with Gasteiger partial charge >= 0.3 is 12.2 Å². The Hall–Kier alpha value is -1.83. The third-order valence-corrected chi connectivity index (χ3v) is 2.49. The fourth-order valence-electron chi connectivity index (χ4n) is 1.02. The number of carboxylic acid groups (broad SMARTS) is 1. The van der Waals surface area contributed by atoms with E-state index in [1.807, 2.05) is 0 Å². The minimum absolute atomic E-state index is 0.0794. The molecule has 1 heterocycles. The summed E-state index contributed by atoms with van der Waals surface area (Å²) < 4.78 is 4.83. The molecule has 0 aliphatic carbocycles. The van der Waals surface area contributed by atoms with Crippen molar-refractivity contribution in [3.8, 4) is 0 Å². The van der Waals surface area contributed by atoms with Crippen molar-refractivity contribution in [2.24, 2.45) is 0 Å². The molecule has 1 aromatic rings. The highest BCUT2D eigenvalue weighted by molar-refractivity contribution is 7.09. The van der Waals surface area contributed by atoms with Gasteiger partial charge in [-0.15, -0.1) is 11.3 Å². The van der Waals surface area contributed by atoms with Crippen LogP contribution >= 0.6 is 11.3 Å². The number of carbonyl (C=O) groups excluding carboxylic acids is 1. The summed E-state index contributed by atoms with van der Waals surface area (Å²) in [5.74, 6) is 0. The molecule has 8 heteroatoms. The van der Waals surface area contributed by atoms with E-state index < -0.39 is 12.2 Å². The monoisotopic (exact) mass is 259 g/mol. The van der Waals surface area contributed by atoms with Gasteiger partial charge in [0.2, 0.25) is 0 Å². The van der Waals surface area contributed by atoms with Gasteiger partial charge in [-0.1, -0.05) is 6.92 Å². The molecule has 17 heavy (non-hydrogen) atoms. The molecule has 1 aromatic heterocycles. The van der Waals surface area contributed by atoms with Gasteiger partial charge in [-0.2, -0.15) is 0 Å². The molecular formula is C9H13N3O4S. The molecule has 0 aliphatic rings. The molecule has 0 saturated carbocycles. The van der Waals surface area contributed by atoms with E-state index in [2.05, 4.69) is 10.4 Å². The van der Waals surface area contributed by atoms with E-state index in [0.29, 0.717) is 6.42 Å². The summed E-state index contributed by atoms with van der Waals surface area (Å²) in [6.07, 6.45) is 0.163. The molecule has 94 valence electrons. The lowest BCUT2D eigenvalue weighted by atomic mass is 10.5. The van der Waals surface area contributed by atoms with Gasteiger partial charge in [0, 0.05) is 12.7 Å². The van der Waals surface area contributed by atoms with E-state index in [1.165, 1.54) is 11.3 Å². The van der Waals surface area contributed by atoms with Crippen LogP contribution in [0.5, 0.6) is 0 Å². The first-order valence-corrected chi connectivity index (χ1v) is 5.82. The average Bonchev–Trinajstić information content (AvgIpc) is 2.78. The SMILES string of the molecule is CCCN(NC(=O)OCc1cncs1)C(=O)O. The molecule has 0 fully saturated rings. The van der Waals surface area contributed by atoms with Gasteiger partial charge in [-0.05, 0) is 6.42 Å². The van der Waals surface area contributed by atoms with Crippen LogP contribution in [0.25, 0.3) is 0 Å². The first-order valence-electron chi connectivity index (χ1n) is 4.94. The van der Waals surface area contributed by atoms with Gasteiger partial charge < -0.3 is 9.84 Å². The topological polar surface area (TPSA) is 91.8 Å². The van der Waals surface area contributed by atoms with Crippen LogP contribution < -0.4 is 5.43 Å². The first kappa shape index (κ1) is 13.2. The molecule has 0 spiro atoms. The zero-order valence-electron chi connectivity index (χ0n) is 9.25. The van der Waals surface area contributed by atoms with Gasteiger partial charge in [0.15, 0.2) is 0 Å². The largest absolute Gasteiger partial charge is 0.464 e. The molecule has 0 bridgehead atoms. The second-order valence-electron chi connectivity index (χ2n) is 3.09. The molecular weight excluding hydrogens is 246 g/mol. The Balaban J connectivity index is 2.34. The molecule has 0 unspecified atom stereocenters. The molecule has 0 aliphatic heterocycles. The number of ether oxygens (including phenoxy) is 1. The van der Waals surface area contributed by atoms with Crippen molar-refractivity contribution in [2.75, 3.05) is 6.54 Å². The molecule has 1 rings (SSSR count). The normalized spacial score (nSPS) is 9.71. The number of hydrazine groups is 1. The van der Waals surface area contributed by atoms with Gasteiger partial charge in [0.1, 0.15) is 6.61 Å². The zero-order valence-corrected chi connectivity index (χ0v) is 10.1. The van der Waals surface area contributed by atoms with Crippen molar-refractivity contribution >= 4 is 23.5 Å². The van der Waals surface area contributed by atoms with Gasteiger partial charge in [0.25, 0.3) is 0 Å². The van der Waals surface area contributed by atoms with Gasteiger partial charge in [-0.3, -0.25) is 4.98 Å². The molecule has 0 radical (unpaired) electrons. The number of nitrogens with zero attached hydrogens (tertiary/aromatic N) is 2. The minimum atomic E-state index is -1.22. The zero-order chi connectivity index (χ0) is 12.7. The van der Waals surface area contributed by atoms with Crippen LogP contribution in [-0.4, -0.2) is 33.8 Å². The number of amides is 2. The lowest BCUT2D eigenvalue weighted by Gasteiger charge is -2.18. The fourth-order valence-corrected chi connectivity index (χ4v) is 1.52. The maximum Gasteiger partial charge on any atom is 0.426 e. The number of carbonyl (C=O) groups is 2. The molecule has 2 amide bonds. The van der Waals surface area contributed by atoms with E-state index in [-0.39, 0.29) is 13.2 Å². The van der Waals surface area contributed by atoms with Crippen molar-refractivity contribution in [3.05, 3.63) is 16.6 Å². The predicted octanol–water partition coefficient (Wildman–Crippen LogP) is 1.67. The summed E-state index contributed by atoms with van der Waals surface area (Å²) in [6.45, 7) is 2.10. The number of thiazole rings is 1. The van der Waals surface area contributed by atoms with E-state index >= 15 is 0 Å². The van der Waals surface area contributed by atoms with E-state index in [1.54, 1.807) is 18.6 Å². The molecule has 0 aromatic carbocycles. The highest BCUT2D eigenvalue weighted by atomic mass is 32.1. The van der Waals surface area contributed by atoms with Crippen LogP contribution in [0.1, 0.15) is 18.2 Å². The second-order valence-corrected chi connectivity index (χ2v) is 4.06. The summed E-state index contributed by atoms with van der Waals surface area (Å²) in [6, 6.07) is 0. The number of nitrogens with one attached hydrogen (secondary N) is 1. The minimum Gasteiger partial charge on any atom is -0.464 e. The highest BCUT2D eigenvalue weighted by Gasteiger charge is 2.14. The molecule has 0 saturated heterocycles. The third kappa shape index (κ3) is 4.68. The lowest BCUT2D eigenvalue weighted by Crippen LogP contribution is -2.46. The van der Waals surface area contributed by atoms with Crippen molar-refractivity contribution in [1.29, 1.82) is 0 Å². The Morgan fingerprint density at radius 2 is 2.41 bits per heavy atom. The smallest absolute Gasteiger partial charge is 0.426 e. The first-order chi connectivity index (χ1) is 8.13. The predicted molar refractivity (Wildman–Crippen MR) is 60.5 cm³/mol. The average molecular weight is 259 g/mol. The van der Waals surface area contributed by atoms with Gasteiger partial charge in [-0.25, -0.2) is 20.0 Å². The Labute approximate surface area is 102 Å². The van der Waals surface area contributed by atoms with Crippen molar-refractivity contribution in [1.82, 2.24) is 15.4 Å². The Bertz CT molecular complexity index is 368. The quantitative estimate of drug-likeness (QED) is 0.802. The Morgan fingerprint density at radius 3 is 2.94 bits per heavy atom. The second kappa shape index (κ2) is 6.69. The van der Waals surface area contributed by atoms with Crippen LogP contribution in [0.15, 0.2) is 11.7 Å². The van der Waals surface area contributed by atoms with Crippen molar-refractivity contribution in [3.63, 3.8) is 0 Å². The summed E-state index contributed by atoms with van der Waals surface area (Å²) in [4.78, 5) is 26.6. The fraction of sp³-hybridized carbons (Fsp3) is 0.444. The van der Waals surface area contributed by atoms with Gasteiger partial charge in [0.05, 0.1) is 10.4 Å². The van der Waals surface area contributed by atoms with Crippen LogP contribution in [0.3, 0.4) is 0 Å². The van der Waals surface area contributed by atoms with Crippen LogP contribution in [0.2, 0.25) is 0 Å². The number of hydrogen-bond acceptors (Lipinski definition) is 5. The molecule has 7 nitrogen and oxygen atoms in total. The third-order valence-electron chi connectivity index (χ3n) is 1.73. The van der Waals surface area contributed by atoms with Crippen molar-refractivity contribution < 1.29 is 19.4 Å². The maximum atomic E-state index is 11.3. The van der Waals surface area contributed by atoms with Crippen LogP contribution in [0, 0.1) is 0 Å². The Kier molecular flexibility index (Phi) is 5.21. The summed E-state index contributed by atoms with van der Waals surface area (Å²) >= 11 is 1.35. The van der Waals surface area contributed by atoms with Crippen LogP contribution in [-0.2, 0) is 11.3 Å². The maximum absolute atomic E-state index is 11.3. The van der Waals surface area contributed by atoms with Crippen LogP contribution in [0.4, 0.5) is 9.59 Å². The summed E-state index contributed by atoms with van der Waals surface area (Å²) in [5, 5.41) is 9.54. The Morgan fingerprint density at radius 1 is 1.65 bits per heavy atom. The molecule has 2 N–H and O–H groups in total. The van der Waals surface area contributed by atoms with E-state index in [4.69, 9.17) is 9.84 Å². The number of rotatable bonds is 4. The van der Waals surface area contributed by atoms with Crippen molar-refractivity contribution in [2.45, 2.75) is 20.0 Å². The van der Waals surface area contributed by atoms with E-state index in [9.17, 15) is 9.59 Å². The summed E-state index contributed by atoms with van der Waals surface area (Å²) in [7, 11) is 0. The summed E-state index contributed by atoms with van der Waals surface area (Å²) in [5.41, 5.74) is 3.76. The standard InChI is InChI=1S/C9H13N3O4S/c1-2-3-12(9(14)15)11-8(13)16-5-7-4-10-6-17-7/h4,6H,2-3,5H2,1H3,(H,11,13)(H,14,15). The number of aromatic nitrogens is 1.